The third-order valence-corrected chi connectivity index (χ3v) is 2.49. The monoisotopic (exact) mass is 268 g/mol. The van der Waals surface area contributed by atoms with E-state index in [1.54, 1.807) is 14.1 Å². The molecular weight excluding hydrogens is 250 g/mol. The molecule has 1 unspecified atom stereocenters. The predicted molar refractivity (Wildman–Crippen MR) is 69.1 cm³/mol. The van der Waals surface area contributed by atoms with Gasteiger partial charge in [-0.15, -0.1) is 4.65 Å². The smallest absolute Gasteiger partial charge is 0.466 e. The number of rotatable bonds is 4. The Kier molecular flexibility index (Phi) is 4.88. The Morgan fingerprint density at radius 2 is 1.74 bits per heavy atom. The van der Waals surface area contributed by atoms with Crippen LogP contribution in [-0.2, 0) is 19.1 Å². The molecule has 0 radical (unpaired) electrons. The van der Waals surface area contributed by atoms with Gasteiger partial charge >= 0.3 is 12.1 Å². The fraction of sp³-hybridized carbons (Fsp3) is 0.385. The molecule has 0 aromatic heterocycles. The molecule has 1 aromatic carbocycles. The summed E-state index contributed by atoms with van der Waals surface area (Å²) in [4.78, 5) is 27.9. The molecule has 0 fully saturated rings. The van der Waals surface area contributed by atoms with Crippen molar-refractivity contribution in [2.24, 2.45) is 0 Å². The van der Waals surface area contributed by atoms with Crippen molar-refractivity contribution in [1.29, 1.82) is 0 Å². The van der Waals surface area contributed by atoms with Crippen LogP contribution in [0.15, 0.2) is 30.3 Å². The molecule has 0 amide bonds. The Morgan fingerprint density at radius 3 is 2.26 bits per heavy atom. The first-order valence-corrected chi connectivity index (χ1v) is 5.74. The van der Waals surface area contributed by atoms with Gasteiger partial charge in [-0.05, 0) is 6.92 Å². The van der Waals surface area contributed by atoms with Crippen LogP contribution < -0.4 is 4.65 Å². The second-order valence-corrected chi connectivity index (χ2v) is 4.31. The summed E-state index contributed by atoms with van der Waals surface area (Å²) < 4.78 is 9.11. The number of esters is 1. The number of ether oxygens (including phenoxy) is 2. The third-order valence-electron chi connectivity index (χ3n) is 2.49. The van der Waals surface area contributed by atoms with Crippen LogP contribution >= 0.6 is 0 Å². The number of quaternary nitrogens is 1. The molecule has 0 heterocycles. The molecule has 6 nitrogen and oxygen atoms in total. The first-order chi connectivity index (χ1) is 8.86. The van der Waals surface area contributed by atoms with Crippen molar-refractivity contribution >= 4 is 17.8 Å². The summed E-state index contributed by atoms with van der Waals surface area (Å²) in [7, 11) is 4.58. The van der Waals surface area contributed by atoms with Gasteiger partial charge in [0.1, 0.15) is 14.1 Å². The van der Waals surface area contributed by atoms with E-state index in [4.69, 9.17) is 9.57 Å². The average Bonchev–Trinajstić information content (AvgIpc) is 2.38. The van der Waals surface area contributed by atoms with Gasteiger partial charge in [0.05, 0.1) is 7.11 Å². The lowest BCUT2D eigenvalue weighted by Gasteiger charge is -2.25. The normalized spacial score (nSPS) is 12.4. The maximum absolute atomic E-state index is 11.6. The van der Waals surface area contributed by atoms with Crippen molar-refractivity contribution in [2.75, 3.05) is 21.2 Å². The third kappa shape index (κ3) is 4.26. The van der Waals surface area contributed by atoms with Gasteiger partial charge in [0.2, 0.25) is 0 Å². The minimum absolute atomic E-state index is 0.145. The highest BCUT2D eigenvalue weighted by Gasteiger charge is 2.29. The molecule has 0 aliphatic carbocycles. The number of methoxy groups -OCH3 is 1. The van der Waals surface area contributed by atoms with Gasteiger partial charge in [-0.1, -0.05) is 18.2 Å². The minimum Gasteiger partial charge on any atom is -0.466 e. The Morgan fingerprint density at radius 1 is 1.16 bits per heavy atom. The molecule has 19 heavy (non-hydrogen) atoms. The van der Waals surface area contributed by atoms with E-state index in [1.165, 1.54) is 14.0 Å². The maximum atomic E-state index is 11.6. The van der Waals surface area contributed by atoms with Crippen LogP contribution in [0.25, 0.3) is 0 Å². The topological polar surface area (TPSA) is 61.8 Å². The van der Waals surface area contributed by atoms with E-state index in [1.807, 2.05) is 30.3 Å². The zero-order valence-electron chi connectivity index (χ0n) is 11.5. The van der Waals surface area contributed by atoms with Crippen molar-refractivity contribution in [1.82, 2.24) is 4.65 Å². The molecule has 0 aliphatic rings. The summed E-state index contributed by atoms with van der Waals surface area (Å²) in [5, 5.41) is 0. The molecule has 0 saturated heterocycles. The number of hydrogen-bond acceptors (Lipinski definition) is 5. The van der Waals surface area contributed by atoms with Crippen LogP contribution in [0.1, 0.15) is 6.92 Å². The van der Waals surface area contributed by atoms with Gasteiger partial charge in [0.25, 0.3) is 0 Å². The molecule has 6 heteroatoms. The fourth-order valence-corrected chi connectivity index (χ4v) is 1.41. The quantitative estimate of drug-likeness (QED) is 0.474. The highest BCUT2D eigenvalue weighted by atomic mass is 16.8. The summed E-state index contributed by atoms with van der Waals surface area (Å²) >= 11 is 0. The first kappa shape index (κ1) is 15.0. The molecule has 0 aliphatic heterocycles. The van der Waals surface area contributed by atoms with E-state index >= 15 is 0 Å². The number of carbonyl (C=O) groups excluding carboxylic acids is 2. The van der Waals surface area contributed by atoms with E-state index in [0.717, 1.165) is 5.69 Å². The largest absolute Gasteiger partial charge is 0.560 e. The van der Waals surface area contributed by atoms with E-state index in [2.05, 4.69) is 4.74 Å². The van der Waals surface area contributed by atoms with Crippen molar-refractivity contribution < 1.29 is 23.9 Å². The summed E-state index contributed by atoms with van der Waals surface area (Å²) in [5.74, 6) is -0.637. The molecule has 0 bridgehead atoms. The lowest BCUT2D eigenvalue weighted by Crippen LogP contribution is -2.43. The van der Waals surface area contributed by atoms with Crippen molar-refractivity contribution in [3.8, 4) is 0 Å². The summed E-state index contributed by atoms with van der Waals surface area (Å²) in [6.45, 7) is 1.41. The van der Waals surface area contributed by atoms with Crippen molar-refractivity contribution in [3.63, 3.8) is 0 Å². The molecular formula is C13H18NO5+. The highest BCUT2D eigenvalue weighted by molar-refractivity contribution is 5.76. The number of hydroxylamine groups is 2. The minimum atomic E-state index is -1.01. The summed E-state index contributed by atoms with van der Waals surface area (Å²) in [6.07, 6.45) is -1.94. The predicted octanol–water partition coefficient (Wildman–Crippen LogP) is 1.88. The van der Waals surface area contributed by atoms with Gasteiger partial charge in [0.15, 0.2) is 11.8 Å². The second-order valence-electron chi connectivity index (χ2n) is 4.31. The molecule has 0 N–H and O–H groups in total. The number of para-hydroxylation sites is 1. The molecule has 0 saturated carbocycles. The molecule has 0 spiro atoms. The molecule has 104 valence electrons. The Hall–Kier alpha value is -2.08. The number of benzene rings is 1. The standard InChI is InChI=1S/C13H18NO5/c1-10(12(15)17-4)18-13(16)19-14(2,3)11-8-6-5-7-9-11/h5-10H,1-4H3/q+1. The Balaban J connectivity index is 2.64. The zero-order chi connectivity index (χ0) is 14.5. The second kappa shape index (κ2) is 6.19. The van der Waals surface area contributed by atoms with Crippen molar-refractivity contribution in [3.05, 3.63) is 30.3 Å². The van der Waals surface area contributed by atoms with Crippen molar-refractivity contribution in [2.45, 2.75) is 13.0 Å². The number of carbonyl (C=O) groups is 2. The van der Waals surface area contributed by atoms with E-state index < -0.39 is 18.2 Å². The van der Waals surface area contributed by atoms with Crippen LogP contribution in [-0.4, -0.2) is 39.4 Å². The van der Waals surface area contributed by atoms with Gasteiger partial charge in [0, 0.05) is 12.1 Å². The molecule has 1 atom stereocenters. The average molecular weight is 268 g/mol. The van der Waals surface area contributed by atoms with Crippen LogP contribution in [0.3, 0.4) is 0 Å². The van der Waals surface area contributed by atoms with Crippen LogP contribution in [0.2, 0.25) is 0 Å². The van der Waals surface area contributed by atoms with Crippen LogP contribution in [0, 0.1) is 0 Å². The van der Waals surface area contributed by atoms with Crippen LogP contribution in [0.5, 0.6) is 0 Å². The summed E-state index contributed by atoms with van der Waals surface area (Å²) in [6, 6.07) is 9.16. The van der Waals surface area contributed by atoms with E-state index in [0.29, 0.717) is 0 Å². The Labute approximate surface area is 112 Å². The van der Waals surface area contributed by atoms with Gasteiger partial charge < -0.3 is 9.47 Å². The summed E-state index contributed by atoms with van der Waals surface area (Å²) in [5.41, 5.74) is 0.769. The highest BCUT2D eigenvalue weighted by Crippen LogP contribution is 2.19. The SMILES string of the molecule is COC(=O)C(C)OC(=O)O[N+](C)(C)c1ccccc1. The number of nitrogens with zero attached hydrogens (tertiary/aromatic N) is 1. The number of hydrogen-bond donors (Lipinski definition) is 0. The Bertz CT molecular complexity index is 444. The van der Waals surface area contributed by atoms with Gasteiger partial charge in [-0.25, -0.2) is 9.63 Å². The lowest BCUT2D eigenvalue weighted by molar-refractivity contribution is -0.154. The maximum Gasteiger partial charge on any atom is 0.560 e. The van der Waals surface area contributed by atoms with Crippen LogP contribution in [0.4, 0.5) is 10.5 Å². The fourth-order valence-electron chi connectivity index (χ4n) is 1.41. The van der Waals surface area contributed by atoms with Gasteiger partial charge in [-0.2, -0.15) is 4.79 Å². The molecule has 1 aromatic rings. The van der Waals surface area contributed by atoms with E-state index in [-0.39, 0.29) is 4.65 Å². The van der Waals surface area contributed by atoms with Gasteiger partial charge in [-0.3, -0.25) is 0 Å². The molecule has 1 rings (SSSR count). The zero-order valence-corrected chi connectivity index (χ0v) is 11.5. The first-order valence-electron chi connectivity index (χ1n) is 5.74. The van der Waals surface area contributed by atoms with E-state index in [9.17, 15) is 9.59 Å². The lowest BCUT2D eigenvalue weighted by atomic mass is 10.3.